The number of nitrogens with zero attached hydrogens (tertiary/aromatic N) is 5. The molecule has 3 heterocycles. The Bertz CT molecular complexity index is 2040. The molecule has 0 radical (unpaired) electrons. The van der Waals surface area contributed by atoms with Gasteiger partial charge in [0.25, 0.3) is 0 Å². The molecule has 1 atom stereocenters. The third-order valence-corrected chi connectivity index (χ3v) is 9.98. The van der Waals surface area contributed by atoms with Crippen LogP contribution in [-0.4, -0.2) is 70.6 Å². The molecule has 1 aliphatic heterocycles. The highest BCUT2D eigenvalue weighted by Gasteiger charge is 2.30. The van der Waals surface area contributed by atoms with E-state index in [-0.39, 0.29) is 24.8 Å². The highest BCUT2D eigenvalue weighted by Crippen LogP contribution is 2.34. The predicted molar refractivity (Wildman–Crippen MR) is 188 cm³/mol. The number of aryl methyl sites for hydroxylation is 1. The third kappa shape index (κ3) is 7.15. The minimum atomic E-state index is -2.53. The van der Waals surface area contributed by atoms with Gasteiger partial charge in [0.2, 0.25) is 20.1 Å². The zero-order valence-corrected chi connectivity index (χ0v) is 28.9. The number of halogens is 1. The molecule has 0 aliphatic carbocycles. The number of aliphatic imine (C=N–C) groups is 1. The molecule has 0 saturated heterocycles. The first-order valence-corrected chi connectivity index (χ1v) is 18.9. The van der Waals surface area contributed by atoms with Crippen molar-refractivity contribution < 1.29 is 19.1 Å². The minimum absolute atomic E-state index is 0.0484. The average Bonchev–Trinajstić information content (AvgIpc) is 3.39. The first kappa shape index (κ1) is 33.0. The van der Waals surface area contributed by atoms with Gasteiger partial charge in [-0.15, -0.1) is 10.2 Å². The van der Waals surface area contributed by atoms with E-state index in [1.165, 1.54) is 0 Å². The summed E-state index contributed by atoms with van der Waals surface area (Å²) in [7, 11) is -0.922. The maximum Gasteiger partial charge on any atom is 0.239 e. The first-order valence-electron chi connectivity index (χ1n) is 15.6. The van der Waals surface area contributed by atoms with Crippen molar-refractivity contribution in [2.75, 3.05) is 20.2 Å². The summed E-state index contributed by atoms with van der Waals surface area (Å²) in [5.41, 5.74) is 4.90. The van der Waals surface area contributed by atoms with Crippen molar-refractivity contribution in [1.29, 1.82) is 0 Å². The molecule has 1 unspecified atom stereocenters. The highest BCUT2D eigenvalue weighted by atomic mass is 35.5. The van der Waals surface area contributed by atoms with Crippen LogP contribution in [0.3, 0.4) is 0 Å². The monoisotopic (exact) mass is 681 g/mol. The molecule has 0 bridgehead atoms. The maximum absolute atomic E-state index is 13.2. The van der Waals surface area contributed by atoms with Crippen LogP contribution in [0.1, 0.15) is 40.8 Å². The molecule has 0 spiro atoms. The van der Waals surface area contributed by atoms with Crippen LogP contribution in [0.15, 0.2) is 77.8 Å². The fraction of sp³-hybridized carbons (Fsp3) is 0.257. The fourth-order valence-electron chi connectivity index (χ4n) is 5.67. The molecule has 5 aromatic rings. The molecule has 3 aromatic carbocycles. The quantitative estimate of drug-likeness (QED) is 0.190. The van der Waals surface area contributed by atoms with Crippen molar-refractivity contribution in [3.05, 3.63) is 106 Å². The first-order chi connectivity index (χ1) is 23.0. The number of carbonyl (C=O) groups excluding carboxylic acids is 2. The van der Waals surface area contributed by atoms with E-state index in [1.807, 2.05) is 85.2 Å². The number of aromatic nitrogens is 4. The predicted octanol–water partition coefficient (Wildman–Crippen LogP) is 3.95. The van der Waals surface area contributed by atoms with Crippen molar-refractivity contribution in [3.63, 3.8) is 0 Å². The van der Waals surface area contributed by atoms with E-state index < -0.39 is 14.4 Å². The Labute approximate surface area is 284 Å². The van der Waals surface area contributed by atoms with Gasteiger partial charge >= 0.3 is 0 Å². The molecule has 11 nitrogen and oxygen atoms in total. The minimum Gasteiger partial charge on any atom is -0.497 e. The smallest absolute Gasteiger partial charge is 0.239 e. The van der Waals surface area contributed by atoms with E-state index in [0.29, 0.717) is 41.1 Å². The van der Waals surface area contributed by atoms with Crippen molar-refractivity contribution >= 4 is 53.7 Å². The lowest BCUT2D eigenvalue weighted by atomic mass is 10.00. The number of fused-ring (bicyclic) bond motifs is 4. The molecule has 1 aliphatic rings. The van der Waals surface area contributed by atoms with Crippen molar-refractivity contribution in [2.24, 2.45) is 4.99 Å². The molecule has 2 amide bonds. The normalized spacial score (nSPS) is 14.0. The molecule has 6 rings (SSSR count). The third-order valence-electron chi connectivity index (χ3n) is 8.19. The van der Waals surface area contributed by atoms with E-state index in [2.05, 4.69) is 25.8 Å². The molecule has 0 fully saturated rings. The van der Waals surface area contributed by atoms with Gasteiger partial charge in [0, 0.05) is 28.1 Å². The number of carbonyl (C=O) groups is 2. The zero-order chi connectivity index (χ0) is 34.0. The summed E-state index contributed by atoms with van der Waals surface area (Å²) in [5.74, 6) is 1.17. The number of hydrogen-bond acceptors (Lipinski definition) is 8. The van der Waals surface area contributed by atoms with E-state index in [9.17, 15) is 14.4 Å². The number of benzene rings is 3. The lowest BCUT2D eigenvalue weighted by Gasteiger charge is -2.14. The fourth-order valence-corrected chi connectivity index (χ4v) is 6.68. The number of rotatable bonds is 10. The van der Waals surface area contributed by atoms with Crippen LogP contribution in [0.2, 0.25) is 18.1 Å². The van der Waals surface area contributed by atoms with Crippen LogP contribution in [-0.2, 0) is 16.0 Å². The zero-order valence-electron chi connectivity index (χ0n) is 27.1. The Morgan fingerprint density at radius 3 is 2.50 bits per heavy atom. The van der Waals surface area contributed by atoms with Crippen molar-refractivity contribution in [3.8, 4) is 11.4 Å². The summed E-state index contributed by atoms with van der Waals surface area (Å²) in [5, 5.41) is 16.6. The summed E-state index contributed by atoms with van der Waals surface area (Å²) < 4.78 is 7.43. The number of amides is 2. The summed E-state index contributed by atoms with van der Waals surface area (Å²) in [6.45, 7) is 5.74. The van der Waals surface area contributed by atoms with Crippen LogP contribution in [0, 0.1) is 6.92 Å². The van der Waals surface area contributed by atoms with Crippen LogP contribution in [0.25, 0.3) is 16.6 Å². The van der Waals surface area contributed by atoms with Gasteiger partial charge in [-0.3, -0.25) is 24.1 Å². The van der Waals surface area contributed by atoms with Gasteiger partial charge in [-0.2, -0.15) is 0 Å². The number of ether oxygens (including phenoxy) is 1. The van der Waals surface area contributed by atoms with E-state index >= 15 is 0 Å². The van der Waals surface area contributed by atoms with Gasteiger partial charge in [-0.05, 0) is 74.5 Å². The van der Waals surface area contributed by atoms with E-state index in [4.69, 9.17) is 21.3 Å². The van der Waals surface area contributed by atoms with Crippen molar-refractivity contribution in [2.45, 2.75) is 38.9 Å². The molecule has 0 saturated carbocycles. The summed E-state index contributed by atoms with van der Waals surface area (Å²) >= 11 is 6.19. The second-order valence-corrected chi connectivity index (χ2v) is 16.3. The van der Waals surface area contributed by atoms with Crippen LogP contribution in [0.5, 0.6) is 5.75 Å². The standard InChI is InChI=1S/C35H36ClN7O4Si/c1-21-41-42-35-29(40-34(24-7-10-25(36)11-8-24)27-18-26(47-2)12-13-30(27)43(21)35)19-31(44)38-20-32(45)37-16-15-22-5-6-23-9-14-33(48(3,4)46)39-28(23)17-22/h5-14,17-18,29,46H,15-16,19-20H2,1-4H3,(H,37,45)(H,38,44). The molecule has 48 heavy (non-hydrogen) atoms. The van der Waals surface area contributed by atoms with Gasteiger partial charge in [-0.25, -0.2) is 0 Å². The number of pyridine rings is 1. The number of nitrogens with one attached hydrogen (secondary N) is 2. The van der Waals surface area contributed by atoms with Gasteiger partial charge in [0.05, 0.1) is 42.3 Å². The maximum atomic E-state index is 13.2. The Kier molecular flexibility index (Phi) is 9.40. The molecular formula is C35H36ClN7O4Si. The molecule has 13 heteroatoms. The van der Waals surface area contributed by atoms with Crippen LogP contribution < -0.4 is 20.7 Å². The van der Waals surface area contributed by atoms with Gasteiger partial charge in [0.15, 0.2) is 5.82 Å². The summed E-state index contributed by atoms with van der Waals surface area (Å²) in [6, 6.07) is 22.2. The highest BCUT2D eigenvalue weighted by molar-refractivity contribution is 6.82. The topological polar surface area (TPSA) is 144 Å². The van der Waals surface area contributed by atoms with Crippen LogP contribution >= 0.6 is 11.6 Å². The lowest BCUT2D eigenvalue weighted by Crippen LogP contribution is -2.43. The second kappa shape index (κ2) is 13.7. The molecule has 2 aromatic heterocycles. The van der Waals surface area contributed by atoms with Gasteiger partial charge < -0.3 is 20.2 Å². The number of hydrogen-bond donors (Lipinski definition) is 3. The number of methoxy groups -OCH3 is 1. The Morgan fingerprint density at radius 1 is 0.979 bits per heavy atom. The summed E-state index contributed by atoms with van der Waals surface area (Å²) in [6.07, 6.45) is 0.541. The Hall–Kier alpha value is -4.91. The molecule has 246 valence electrons. The van der Waals surface area contributed by atoms with Gasteiger partial charge in [0.1, 0.15) is 17.6 Å². The van der Waals surface area contributed by atoms with Crippen LogP contribution in [0.4, 0.5) is 0 Å². The Balaban J connectivity index is 1.13. The molecular weight excluding hydrogens is 646 g/mol. The average molecular weight is 682 g/mol. The largest absolute Gasteiger partial charge is 0.497 e. The summed E-state index contributed by atoms with van der Waals surface area (Å²) in [4.78, 5) is 46.1. The second-order valence-electron chi connectivity index (χ2n) is 12.2. The van der Waals surface area contributed by atoms with E-state index in [0.717, 1.165) is 38.6 Å². The van der Waals surface area contributed by atoms with Gasteiger partial charge in [-0.1, -0.05) is 41.9 Å². The SMILES string of the molecule is COc1ccc2c(c1)C(c1ccc(Cl)cc1)=NC(CC(=O)NCC(=O)NCCc1ccc3ccc([Si](C)(C)O)nc3c1)c1nnc(C)n1-2. The lowest BCUT2D eigenvalue weighted by molar-refractivity contribution is -0.126. The molecule has 3 N–H and O–H groups in total. The van der Waals surface area contributed by atoms with E-state index in [1.54, 1.807) is 19.2 Å². The van der Waals surface area contributed by atoms with Crippen molar-refractivity contribution in [1.82, 2.24) is 30.4 Å². The Morgan fingerprint density at radius 2 is 1.75 bits per heavy atom.